The van der Waals surface area contributed by atoms with Crippen molar-refractivity contribution in [3.05, 3.63) is 35.6 Å². The average Bonchev–Trinajstić information content (AvgIpc) is 3.01. The number of allylic oxidation sites excluding steroid dienone is 1. The van der Waals surface area contributed by atoms with Gasteiger partial charge in [-0.2, -0.15) is 0 Å². The zero-order valence-electron chi connectivity index (χ0n) is 15.6. The van der Waals surface area contributed by atoms with Gasteiger partial charge in [-0.15, -0.1) is 0 Å². The lowest BCUT2D eigenvalue weighted by molar-refractivity contribution is -0.116. The zero-order valence-corrected chi connectivity index (χ0v) is 15.6. The number of furan rings is 1. The van der Waals surface area contributed by atoms with Crippen LogP contribution in [-0.4, -0.2) is 57.3 Å². The molecule has 140 valence electrons. The van der Waals surface area contributed by atoms with Gasteiger partial charge in [-0.3, -0.25) is 9.69 Å². The SMILES string of the molecule is COc1cc2occ(C)c2cc1/C(C)=C/C(=O)NCCN1CCOCC1. The summed E-state index contributed by atoms with van der Waals surface area (Å²) in [5.74, 6) is 0.601. The minimum Gasteiger partial charge on any atom is -0.496 e. The van der Waals surface area contributed by atoms with E-state index in [9.17, 15) is 4.79 Å². The van der Waals surface area contributed by atoms with Crippen LogP contribution < -0.4 is 10.1 Å². The van der Waals surface area contributed by atoms with E-state index in [4.69, 9.17) is 13.9 Å². The number of hydrogen-bond acceptors (Lipinski definition) is 5. The minimum absolute atomic E-state index is 0.0955. The molecule has 0 radical (unpaired) electrons. The maximum Gasteiger partial charge on any atom is 0.244 e. The Morgan fingerprint density at radius 1 is 1.35 bits per heavy atom. The predicted octanol–water partition coefficient (Wildman–Crippen LogP) is 2.60. The van der Waals surface area contributed by atoms with E-state index in [0.717, 1.165) is 60.5 Å². The fraction of sp³-hybridized carbons (Fsp3) is 0.450. The highest BCUT2D eigenvalue weighted by Crippen LogP contribution is 2.33. The minimum atomic E-state index is -0.0955. The first kappa shape index (κ1) is 18.5. The van der Waals surface area contributed by atoms with Crippen LogP contribution >= 0.6 is 0 Å². The summed E-state index contributed by atoms with van der Waals surface area (Å²) in [6.07, 6.45) is 3.35. The van der Waals surface area contributed by atoms with E-state index in [0.29, 0.717) is 12.3 Å². The van der Waals surface area contributed by atoms with Crippen LogP contribution in [0.1, 0.15) is 18.1 Å². The quantitative estimate of drug-likeness (QED) is 0.804. The third-order valence-corrected chi connectivity index (χ3v) is 4.69. The van der Waals surface area contributed by atoms with Crippen LogP contribution in [0.15, 0.2) is 28.9 Å². The second-order valence-corrected chi connectivity index (χ2v) is 6.54. The van der Waals surface area contributed by atoms with Crippen molar-refractivity contribution in [2.45, 2.75) is 13.8 Å². The van der Waals surface area contributed by atoms with Crippen LogP contribution in [0.5, 0.6) is 5.75 Å². The molecule has 1 aliphatic rings. The summed E-state index contributed by atoms with van der Waals surface area (Å²) < 4.78 is 16.3. The van der Waals surface area contributed by atoms with Crippen molar-refractivity contribution in [1.82, 2.24) is 10.2 Å². The molecule has 0 spiro atoms. The summed E-state index contributed by atoms with van der Waals surface area (Å²) in [4.78, 5) is 14.5. The van der Waals surface area contributed by atoms with Gasteiger partial charge in [-0.25, -0.2) is 0 Å². The van der Waals surface area contributed by atoms with E-state index in [1.54, 1.807) is 19.4 Å². The molecule has 1 amide bonds. The average molecular weight is 358 g/mol. The number of hydrogen-bond donors (Lipinski definition) is 1. The standard InChI is InChI=1S/C20H26N2O4/c1-14(10-20(23)21-4-5-22-6-8-25-9-7-22)16-11-17-15(2)13-26-19(17)12-18(16)24-3/h10-13H,4-9H2,1-3H3,(H,21,23)/b14-10+. The molecule has 6 heteroatoms. The van der Waals surface area contributed by atoms with Gasteiger partial charge in [0.1, 0.15) is 11.3 Å². The number of carbonyl (C=O) groups excluding carboxylic acids is 1. The fourth-order valence-electron chi connectivity index (χ4n) is 3.15. The number of morpholine rings is 1. The highest BCUT2D eigenvalue weighted by atomic mass is 16.5. The molecule has 0 bridgehead atoms. The lowest BCUT2D eigenvalue weighted by atomic mass is 10.0. The molecule has 1 aliphatic heterocycles. The predicted molar refractivity (Wildman–Crippen MR) is 101 cm³/mol. The van der Waals surface area contributed by atoms with Crippen molar-refractivity contribution in [3.63, 3.8) is 0 Å². The summed E-state index contributed by atoms with van der Waals surface area (Å²) in [7, 11) is 1.62. The number of amides is 1. The van der Waals surface area contributed by atoms with Crippen LogP contribution in [-0.2, 0) is 9.53 Å². The second kappa shape index (κ2) is 8.38. The van der Waals surface area contributed by atoms with Crippen LogP contribution in [0, 0.1) is 6.92 Å². The van der Waals surface area contributed by atoms with Crippen molar-refractivity contribution < 1.29 is 18.7 Å². The van der Waals surface area contributed by atoms with Gasteiger partial charge in [0.15, 0.2) is 0 Å². The van der Waals surface area contributed by atoms with Crippen LogP contribution in [0.4, 0.5) is 0 Å². The van der Waals surface area contributed by atoms with Gasteiger partial charge in [0, 0.05) is 49.3 Å². The Kier molecular flexibility index (Phi) is 5.96. The zero-order chi connectivity index (χ0) is 18.5. The first-order valence-electron chi connectivity index (χ1n) is 8.91. The third kappa shape index (κ3) is 4.26. The van der Waals surface area contributed by atoms with E-state index in [-0.39, 0.29) is 5.91 Å². The topological polar surface area (TPSA) is 63.9 Å². The molecule has 0 atom stereocenters. The molecule has 2 heterocycles. The number of benzene rings is 1. The molecule has 2 aromatic rings. The summed E-state index contributed by atoms with van der Waals surface area (Å²) in [6, 6.07) is 3.88. The largest absolute Gasteiger partial charge is 0.496 e. The van der Waals surface area contributed by atoms with Crippen LogP contribution in [0.2, 0.25) is 0 Å². The van der Waals surface area contributed by atoms with Gasteiger partial charge in [-0.05, 0) is 31.1 Å². The second-order valence-electron chi connectivity index (χ2n) is 6.54. The Bertz CT molecular complexity index is 803. The Hall–Kier alpha value is -2.31. The van der Waals surface area contributed by atoms with E-state index in [2.05, 4.69) is 10.2 Å². The van der Waals surface area contributed by atoms with E-state index in [1.807, 2.05) is 26.0 Å². The van der Waals surface area contributed by atoms with Crippen LogP contribution in [0.3, 0.4) is 0 Å². The summed E-state index contributed by atoms with van der Waals surface area (Å²) in [5, 5.41) is 3.98. The first-order valence-corrected chi connectivity index (χ1v) is 8.91. The highest BCUT2D eigenvalue weighted by Gasteiger charge is 2.13. The maximum atomic E-state index is 12.3. The Labute approximate surface area is 153 Å². The first-order chi connectivity index (χ1) is 12.6. The molecule has 1 aromatic carbocycles. The third-order valence-electron chi connectivity index (χ3n) is 4.69. The summed E-state index contributed by atoms with van der Waals surface area (Å²) >= 11 is 0. The molecule has 1 N–H and O–H groups in total. The summed E-state index contributed by atoms with van der Waals surface area (Å²) in [6.45, 7) is 8.76. The fourth-order valence-corrected chi connectivity index (χ4v) is 3.15. The van der Waals surface area contributed by atoms with Crippen molar-refractivity contribution >= 4 is 22.4 Å². The molecule has 3 rings (SSSR count). The molecular formula is C20H26N2O4. The molecule has 0 aliphatic carbocycles. The molecule has 0 unspecified atom stereocenters. The monoisotopic (exact) mass is 358 g/mol. The number of ether oxygens (including phenoxy) is 2. The number of nitrogens with one attached hydrogen (secondary N) is 1. The highest BCUT2D eigenvalue weighted by molar-refractivity contribution is 5.97. The Balaban J connectivity index is 1.66. The van der Waals surface area contributed by atoms with Crippen LogP contribution in [0.25, 0.3) is 16.5 Å². The number of rotatable bonds is 6. The smallest absolute Gasteiger partial charge is 0.244 e. The Morgan fingerprint density at radius 3 is 2.85 bits per heavy atom. The maximum absolute atomic E-state index is 12.3. The van der Waals surface area contributed by atoms with Gasteiger partial charge >= 0.3 is 0 Å². The normalized spacial score (nSPS) is 16.0. The number of fused-ring (bicyclic) bond motifs is 1. The van der Waals surface area contributed by atoms with Crippen molar-refractivity contribution in [3.8, 4) is 5.75 Å². The molecule has 0 saturated carbocycles. The number of methoxy groups -OCH3 is 1. The molecule has 1 aromatic heterocycles. The van der Waals surface area contributed by atoms with Gasteiger partial charge < -0.3 is 19.2 Å². The molecule has 6 nitrogen and oxygen atoms in total. The van der Waals surface area contributed by atoms with Crippen molar-refractivity contribution in [2.24, 2.45) is 0 Å². The van der Waals surface area contributed by atoms with Gasteiger partial charge in [0.25, 0.3) is 0 Å². The molecule has 1 saturated heterocycles. The van der Waals surface area contributed by atoms with Gasteiger partial charge in [0.2, 0.25) is 5.91 Å². The van der Waals surface area contributed by atoms with Crippen molar-refractivity contribution in [2.75, 3.05) is 46.5 Å². The lowest BCUT2D eigenvalue weighted by Crippen LogP contribution is -2.41. The van der Waals surface area contributed by atoms with E-state index in [1.165, 1.54) is 0 Å². The van der Waals surface area contributed by atoms with E-state index < -0.39 is 0 Å². The van der Waals surface area contributed by atoms with Gasteiger partial charge in [-0.1, -0.05) is 0 Å². The molecule has 1 fully saturated rings. The molecular weight excluding hydrogens is 332 g/mol. The number of carbonyl (C=O) groups is 1. The summed E-state index contributed by atoms with van der Waals surface area (Å²) in [5.41, 5.74) is 3.60. The van der Waals surface area contributed by atoms with Gasteiger partial charge in [0.05, 0.1) is 26.6 Å². The number of aryl methyl sites for hydroxylation is 1. The number of nitrogens with zero attached hydrogens (tertiary/aromatic N) is 1. The lowest BCUT2D eigenvalue weighted by Gasteiger charge is -2.26. The molecule has 26 heavy (non-hydrogen) atoms. The van der Waals surface area contributed by atoms with Crippen molar-refractivity contribution in [1.29, 1.82) is 0 Å². The van der Waals surface area contributed by atoms with E-state index >= 15 is 0 Å². The Morgan fingerprint density at radius 2 is 2.12 bits per heavy atom.